The Morgan fingerprint density at radius 3 is 2.56 bits per heavy atom. The highest BCUT2D eigenvalue weighted by Crippen LogP contribution is 2.41. The van der Waals surface area contributed by atoms with Gasteiger partial charge in [0.2, 0.25) is 5.91 Å². The Labute approximate surface area is 245 Å². The minimum Gasteiger partial charge on any atom is -0.352 e. The summed E-state index contributed by atoms with van der Waals surface area (Å²) in [5, 5.41) is 9.35. The molecular weight excluding hydrogens is 528 g/mol. The molecule has 1 fully saturated rings. The summed E-state index contributed by atoms with van der Waals surface area (Å²) in [6.45, 7) is 6.71. The lowest BCUT2D eigenvalue weighted by Gasteiger charge is -2.28. The predicted molar refractivity (Wildman–Crippen MR) is 167 cm³/mol. The van der Waals surface area contributed by atoms with Crippen LogP contribution in [0.5, 0.6) is 0 Å². The number of amides is 1. The fourth-order valence-corrected chi connectivity index (χ4v) is 6.12. The molecule has 1 saturated heterocycles. The maximum absolute atomic E-state index is 13.2. The van der Waals surface area contributed by atoms with Crippen molar-refractivity contribution in [3.05, 3.63) is 119 Å². The van der Waals surface area contributed by atoms with Crippen LogP contribution in [-0.4, -0.2) is 37.0 Å². The van der Waals surface area contributed by atoms with Gasteiger partial charge in [-0.25, -0.2) is 4.98 Å². The number of nitrogens with one attached hydrogen (secondary N) is 2. The van der Waals surface area contributed by atoms with Gasteiger partial charge in [-0.2, -0.15) is 0 Å². The highest BCUT2D eigenvalue weighted by molar-refractivity contribution is 7.80. The van der Waals surface area contributed by atoms with Crippen LogP contribution in [0.25, 0.3) is 16.6 Å². The fourth-order valence-electron chi connectivity index (χ4n) is 5.79. The summed E-state index contributed by atoms with van der Waals surface area (Å²) in [6.07, 6.45) is 3.98. The first-order valence-electron chi connectivity index (χ1n) is 13.8. The van der Waals surface area contributed by atoms with Gasteiger partial charge in [0.05, 0.1) is 17.8 Å². The van der Waals surface area contributed by atoms with E-state index in [9.17, 15) is 4.79 Å². The van der Waals surface area contributed by atoms with Gasteiger partial charge in [-0.1, -0.05) is 48.5 Å². The molecule has 7 nitrogen and oxygen atoms in total. The largest absolute Gasteiger partial charge is 0.352 e. The van der Waals surface area contributed by atoms with Crippen molar-refractivity contribution in [2.24, 2.45) is 0 Å². The molecule has 1 aliphatic rings. The molecular formula is C33H32N6OS. The highest BCUT2D eigenvalue weighted by Gasteiger charge is 2.41. The molecule has 41 heavy (non-hydrogen) atoms. The smallest absolute Gasteiger partial charge is 0.226 e. The predicted octanol–water partition coefficient (Wildman–Crippen LogP) is 6.35. The molecule has 1 aliphatic heterocycles. The molecule has 0 aliphatic carbocycles. The summed E-state index contributed by atoms with van der Waals surface area (Å²) in [4.78, 5) is 24.7. The van der Waals surface area contributed by atoms with Crippen LogP contribution in [0.2, 0.25) is 0 Å². The Kier molecular flexibility index (Phi) is 7.24. The molecule has 1 amide bonds. The molecule has 2 N–H and O–H groups in total. The van der Waals surface area contributed by atoms with E-state index in [-0.39, 0.29) is 24.4 Å². The molecule has 2 unspecified atom stereocenters. The summed E-state index contributed by atoms with van der Waals surface area (Å²) in [6, 6.07) is 25.9. The van der Waals surface area contributed by atoms with Crippen LogP contribution in [0.15, 0.2) is 91.3 Å². The van der Waals surface area contributed by atoms with E-state index >= 15 is 0 Å². The van der Waals surface area contributed by atoms with Crippen molar-refractivity contribution in [1.29, 1.82) is 0 Å². The summed E-state index contributed by atoms with van der Waals surface area (Å²) < 4.78 is 2.18. The number of aryl methyl sites for hydroxylation is 2. The lowest BCUT2D eigenvalue weighted by atomic mass is 9.96. The van der Waals surface area contributed by atoms with Gasteiger partial charge >= 0.3 is 0 Å². The number of hydrogen-bond acceptors (Lipinski definition) is 4. The third kappa shape index (κ3) is 5.18. The summed E-state index contributed by atoms with van der Waals surface area (Å²) in [5.41, 5.74) is 6.13. The van der Waals surface area contributed by atoms with Crippen LogP contribution in [0.1, 0.15) is 46.7 Å². The number of pyridine rings is 2. The highest BCUT2D eigenvalue weighted by atomic mass is 32.1. The minimum absolute atomic E-state index is 0.0569. The van der Waals surface area contributed by atoms with Crippen molar-refractivity contribution in [1.82, 2.24) is 24.8 Å². The van der Waals surface area contributed by atoms with E-state index in [4.69, 9.17) is 12.2 Å². The van der Waals surface area contributed by atoms with E-state index in [0.717, 1.165) is 50.5 Å². The number of carbonyl (C=O) groups excluding carboxylic acids is 1. The van der Waals surface area contributed by atoms with Crippen molar-refractivity contribution in [2.45, 2.75) is 39.3 Å². The number of carbonyl (C=O) groups is 1. The zero-order chi connectivity index (χ0) is 28.5. The average Bonchev–Trinajstić information content (AvgIpc) is 3.47. The molecule has 6 rings (SSSR count). The maximum atomic E-state index is 13.2. The number of rotatable bonds is 7. The molecule has 206 valence electrons. The van der Waals surface area contributed by atoms with Gasteiger partial charge in [0, 0.05) is 47.8 Å². The molecule has 8 heteroatoms. The van der Waals surface area contributed by atoms with Gasteiger partial charge in [-0.3, -0.25) is 9.78 Å². The molecule has 2 aromatic carbocycles. The first-order chi connectivity index (χ1) is 19.9. The van der Waals surface area contributed by atoms with Crippen LogP contribution in [-0.2, 0) is 4.79 Å². The van der Waals surface area contributed by atoms with Crippen LogP contribution in [0, 0.1) is 20.8 Å². The molecule has 0 bridgehead atoms. The Bertz CT molecular complexity index is 1730. The maximum Gasteiger partial charge on any atom is 0.226 e. The molecule has 0 radical (unpaired) electrons. The number of aromatic nitrogens is 3. The Morgan fingerprint density at radius 1 is 0.976 bits per heavy atom. The second-order valence-electron chi connectivity index (χ2n) is 10.5. The van der Waals surface area contributed by atoms with Crippen LogP contribution < -0.4 is 10.6 Å². The Hall–Kier alpha value is -4.56. The van der Waals surface area contributed by atoms with Crippen LogP contribution in [0.3, 0.4) is 0 Å². The number of anilines is 1. The normalized spacial score (nSPS) is 16.7. The number of benzene rings is 2. The first kappa shape index (κ1) is 26.7. The minimum atomic E-state index is -0.162. The molecule has 0 saturated carbocycles. The molecule has 3 aromatic heterocycles. The summed E-state index contributed by atoms with van der Waals surface area (Å²) in [7, 11) is 0. The zero-order valence-electron chi connectivity index (χ0n) is 23.3. The van der Waals surface area contributed by atoms with E-state index in [0.29, 0.717) is 11.7 Å². The quantitative estimate of drug-likeness (QED) is 0.226. The van der Waals surface area contributed by atoms with Crippen molar-refractivity contribution < 1.29 is 4.79 Å². The van der Waals surface area contributed by atoms with Gasteiger partial charge in [0.1, 0.15) is 5.82 Å². The summed E-state index contributed by atoms with van der Waals surface area (Å²) >= 11 is 5.87. The van der Waals surface area contributed by atoms with Crippen LogP contribution >= 0.6 is 12.2 Å². The topological polar surface area (TPSA) is 75.1 Å². The number of thiocarbonyl (C=S) groups is 1. The second kappa shape index (κ2) is 11.1. The van der Waals surface area contributed by atoms with Gasteiger partial charge in [-0.05, 0) is 79.8 Å². The van der Waals surface area contributed by atoms with E-state index in [2.05, 4.69) is 56.0 Å². The van der Waals surface area contributed by atoms with Crippen molar-refractivity contribution in [3.8, 4) is 5.82 Å². The average molecular weight is 561 g/mol. The van der Waals surface area contributed by atoms with E-state index in [1.807, 2.05) is 79.9 Å². The van der Waals surface area contributed by atoms with Crippen molar-refractivity contribution >= 4 is 39.7 Å². The zero-order valence-corrected chi connectivity index (χ0v) is 24.2. The number of hydrogen-bond donors (Lipinski definition) is 2. The molecule has 0 spiro atoms. The number of nitrogens with zero attached hydrogens (tertiary/aromatic N) is 4. The fraction of sp³-hybridized carbons (Fsp3) is 0.212. The molecule has 5 aromatic rings. The molecule has 4 heterocycles. The van der Waals surface area contributed by atoms with Crippen LogP contribution in [0.4, 0.5) is 5.69 Å². The third-order valence-electron chi connectivity index (χ3n) is 7.76. The van der Waals surface area contributed by atoms with E-state index in [1.165, 1.54) is 0 Å². The lowest BCUT2D eigenvalue weighted by molar-refractivity contribution is -0.116. The van der Waals surface area contributed by atoms with Gasteiger partial charge in [0.25, 0.3) is 0 Å². The standard InChI is InChI=1S/C33H32N6OS/c1-21-14-15-29(35-20-21)39-22(2)19-26(23(39)3)32-31(28-12-6-7-17-34-28)37-33(41)38(32)18-16-30(40)36-27-13-8-10-24-9-4-5-11-25(24)27/h4-15,17,19-20,31-32H,16,18H2,1-3H3,(H,36,40)(H,37,41). The monoisotopic (exact) mass is 560 g/mol. The SMILES string of the molecule is Cc1ccc(-n2c(C)cc(C3C(c4ccccn4)NC(=S)N3CCC(=O)Nc3cccc4ccccc34)c2C)nc1. The van der Waals surface area contributed by atoms with Crippen molar-refractivity contribution in [3.63, 3.8) is 0 Å². The lowest BCUT2D eigenvalue weighted by Crippen LogP contribution is -2.33. The van der Waals surface area contributed by atoms with Crippen molar-refractivity contribution in [2.75, 3.05) is 11.9 Å². The van der Waals surface area contributed by atoms with E-state index < -0.39 is 0 Å². The first-order valence-corrected chi connectivity index (χ1v) is 14.2. The summed E-state index contributed by atoms with van der Waals surface area (Å²) in [5.74, 6) is 0.819. The third-order valence-corrected chi connectivity index (χ3v) is 8.11. The second-order valence-corrected chi connectivity index (χ2v) is 10.9. The van der Waals surface area contributed by atoms with Gasteiger partial charge in [-0.15, -0.1) is 0 Å². The Morgan fingerprint density at radius 2 is 1.78 bits per heavy atom. The van der Waals surface area contributed by atoms with E-state index in [1.54, 1.807) is 6.20 Å². The van der Waals surface area contributed by atoms with Gasteiger partial charge < -0.3 is 20.1 Å². The Balaban J connectivity index is 1.31. The number of fused-ring (bicyclic) bond motifs is 1. The molecule has 2 atom stereocenters. The van der Waals surface area contributed by atoms with Gasteiger partial charge in [0.15, 0.2) is 5.11 Å².